The molecule has 10 heavy (non-hydrogen) atoms. The van der Waals surface area contributed by atoms with Gasteiger partial charge in [0.1, 0.15) is 0 Å². The van der Waals surface area contributed by atoms with Crippen LogP contribution in [0.25, 0.3) is 0 Å². The van der Waals surface area contributed by atoms with Crippen LogP contribution in [0.15, 0.2) is 0 Å². The molecule has 0 unspecified atom stereocenters. The van der Waals surface area contributed by atoms with Gasteiger partial charge in [0, 0.05) is 27.2 Å². The van der Waals surface area contributed by atoms with Crippen molar-refractivity contribution in [2.24, 2.45) is 5.92 Å². The second-order valence-electron chi connectivity index (χ2n) is 3.48. The molecule has 1 rings (SSSR count). The van der Waals surface area contributed by atoms with Gasteiger partial charge >= 0.3 is 0 Å². The van der Waals surface area contributed by atoms with E-state index >= 15 is 0 Å². The summed E-state index contributed by atoms with van der Waals surface area (Å²) in [6, 6.07) is 0. The van der Waals surface area contributed by atoms with Gasteiger partial charge in [0.15, 0.2) is 0 Å². The molecule has 0 bridgehead atoms. The number of piperidine rings is 1. The van der Waals surface area contributed by atoms with Crippen LogP contribution >= 0.6 is 0 Å². The van der Waals surface area contributed by atoms with Gasteiger partial charge in [-0.2, -0.15) is 0 Å². The van der Waals surface area contributed by atoms with Gasteiger partial charge in [-0.05, 0) is 18.8 Å². The topological polar surface area (TPSA) is 6.48 Å². The van der Waals surface area contributed by atoms with Crippen molar-refractivity contribution in [1.29, 1.82) is 0 Å². The molecule has 0 aliphatic carbocycles. The first kappa shape index (κ1) is 8.02. The molecule has 60 valence electrons. The SMILES string of the molecule is CC1CCN(N(C)C)CC1. The van der Waals surface area contributed by atoms with E-state index in [1.54, 1.807) is 0 Å². The third-order valence-corrected chi connectivity index (χ3v) is 2.33. The summed E-state index contributed by atoms with van der Waals surface area (Å²) >= 11 is 0. The molecular formula is C8H18N2. The van der Waals surface area contributed by atoms with Crippen molar-refractivity contribution >= 4 is 0 Å². The highest BCUT2D eigenvalue weighted by Crippen LogP contribution is 2.15. The molecule has 0 aromatic heterocycles. The third-order valence-electron chi connectivity index (χ3n) is 2.33. The lowest BCUT2D eigenvalue weighted by Gasteiger charge is -2.34. The van der Waals surface area contributed by atoms with E-state index in [9.17, 15) is 0 Å². The first-order valence-electron chi connectivity index (χ1n) is 4.12. The predicted molar refractivity (Wildman–Crippen MR) is 43.7 cm³/mol. The number of hydrogen-bond donors (Lipinski definition) is 0. The van der Waals surface area contributed by atoms with Crippen LogP contribution in [0.4, 0.5) is 0 Å². The molecule has 2 heteroatoms. The Kier molecular flexibility index (Phi) is 2.69. The zero-order chi connectivity index (χ0) is 7.56. The standard InChI is InChI=1S/C8H18N2/c1-8-4-6-10(7-5-8)9(2)3/h8H,4-7H2,1-3H3. The molecular weight excluding hydrogens is 124 g/mol. The Morgan fingerprint density at radius 2 is 1.70 bits per heavy atom. The third kappa shape index (κ3) is 1.96. The molecule has 0 atom stereocenters. The first-order chi connectivity index (χ1) is 4.70. The summed E-state index contributed by atoms with van der Waals surface area (Å²) in [6.07, 6.45) is 2.72. The van der Waals surface area contributed by atoms with Crippen LogP contribution in [0.2, 0.25) is 0 Å². The maximum absolute atomic E-state index is 2.40. The van der Waals surface area contributed by atoms with Gasteiger partial charge in [0.25, 0.3) is 0 Å². The molecule has 2 nitrogen and oxygen atoms in total. The van der Waals surface area contributed by atoms with Crippen LogP contribution in [0.1, 0.15) is 19.8 Å². The summed E-state index contributed by atoms with van der Waals surface area (Å²) in [7, 11) is 4.24. The van der Waals surface area contributed by atoms with Crippen LogP contribution in [-0.2, 0) is 0 Å². The minimum absolute atomic E-state index is 0.941. The van der Waals surface area contributed by atoms with Crippen molar-refractivity contribution in [2.45, 2.75) is 19.8 Å². The minimum atomic E-state index is 0.941. The van der Waals surface area contributed by atoms with Gasteiger partial charge in [-0.3, -0.25) is 0 Å². The Hall–Kier alpha value is -0.0800. The van der Waals surface area contributed by atoms with Crippen molar-refractivity contribution < 1.29 is 0 Å². The summed E-state index contributed by atoms with van der Waals surface area (Å²) in [5.74, 6) is 0.941. The van der Waals surface area contributed by atoms with Gasteiger partial charge in [0.05, 0.1) is 0 Å². The summed E-state index contributed by atoms with van der Waals surface area (Å²) in [4.78, 5) is 0. The van der Waals surface area contributed by atoms with Crippen molar-refractivity contribution in [1.82, 2.24) is 10.0 Å². The monoisotopic (exact) mass is 142 g/mol. The zero-order valence-electron chi connectivity index (χ0n) is 7.30. The quantitative estimate of drug-likeness (QED) is 0.542. The molecule has 0 aromatic carbocycles. The largest absolute Gasteiger partial charge is 0.248 e. The normalized spacial score (nSPS) is 24.0. The highest BCUT2D eigenvalue weighted by molar-refractivity contribution is 4.65. The van der Waals surface area contributed by atoms with E-state index in [4.69, 9.17) is 0 Å². The predicted octanol–water partition coefficient (Wildman–Crippen LogP) is 1.19. The molecule has 0 amide bonds. The lowest BCUT2D eigenvalue weighted by atomic mass is 10.0. The molecule has 0 radical (unpaired) electrons. The molecule has 1 aliphatic heterocycles. The first-order valence-corrected chi connectivity index (χ1v) is 4.12. The molecule has 0 aromatic rings. The van der Waals surface area contributed by atoms with E-state index in [1.807, 2.05) is 0 Å². The van der Waals surface area contributed by atoms with Gasteiger partial charge in [-0.1, -0.05) is 6.92 Å². The van der Waals surface area contributed by atoms with Crippen molar-refractivity contribution in [3.63, 3.8) is 0 Å². The van der Waals surface area contributed by atoms with Crippen molar-refractivity contribution in [2.75, 3.05) is 27.2 Å². The molecule has 0 spiro atoms. The second kappa shape index (κ2) is 3.35. The van der Waals surface area contributed by atoms with Crippen LogP contribution in [0.5, 0.6) is 0 Å². The van der Waals surface area contributed by atoms with E-state index in [1.165, 1.54) is 25.9 Å². The van der Waals surface area contributed by atoms with Crippen LogP contribution in [-0.4, -0.2) is 37.2 Å². The molecule has 0 N–H and O–H groups in total. The fourth-order valence-electron chi connectivity index (χ4n) is 1.39. The van der Waals surface area contributed by atoms with Gasteiger partial charge in [-0.25, -0.2) is 10.0 Å². The van der Waals surface area contributed by atoms with E-state index in [2.05, 4.69) is 31.0 Å². The summed E-state index contributed by atoms with van der Waals surface area (Å²) in [5, 5.41) is 4.60. The van der Waals surface area contributed by atoms with Crippen LogP contribution < -0.4 is 0 Å². The number of rotatable bonds is 1. The fraction of sp³-hybridized carbons (Fsp3) is 1.00. The summed E-state index contributed by atoms with van der Waals surface area (Å²) < 4.78 is 0. The minimum Gasteiger partial charge on any atom is -0.248 e. The maximum atomic E-state index is 2.40. The van der Waals surface area contributed by atoms with Crippen LogP contribution in [0, 0.1) is 5.92 Å². The lowest BCUT2D eigenvalue weighted by molar-refractivity contribution is -0.00410. The Morgan fingerprint density at radius 1 is 1.20 bits per heavy atom. The highest BCUT2D eigenvalue weighted by atomic mass is 15.6. The number of hydrogen-bond acceptors (Lipinski definition) is 2. The molecule has 0 saturated carbocycles. The lowest BCUT2D eigenvalue weighted by Crippen LogP contribution is -2.42. The van der Waals surface area contributed by atoms with Gasteiger partial charge in [-0.15, -0.1) is 0 Å². The zero-order valence-corrected chi connectivity index (χ0v) is 7.30. The average Bonchev–Trinajstić information content (AvgIpc) is 1.88. The summed E-state index contributed by atoms with van der Waals surface area (Å²) in [5.41, 5.74) is 0. The highest BCUT2D eigenvalue weighted by Gasteiger charge is 2.15. The van der Waals surface area contributed by atoms with E-state index < -0.39 is 0 Å². The molecule has 1 heterocycles. The number of nitrogens with zero attached hydrogens (tertiary/aromatic N) is 2. The van der Waals surface area contributed by atoms with Gasteiger partial charge in [0.2, 0.25) is 0 Å². The maximum Gasteiger partial charge on any atom is 0.0135 e. The van der Waals surface area contributed by atoms with Crippen molar-refractivity contribution in [3.8, 4) is 0 Å². The summed E-state index contributed by atoms with van der Waals surface area (Å²) in [6.45, 7) is 4.83. The van der Waals surface area contributed by atoms with E-state index in [-0.39, 0.29) is 0 Å². The molecule has 1 saturated heterocycles. The second-order valence-corrected chi connectivity index (χ2v) is 3.48. The molecule has 1 fully saturated rings. The van der Waals surface area contributed by atoms with Crippen LogP contribution in [0.3, 0.4) is 0 Å². The Morgan fingerprint density at radius 3 is 2.10 bits per heavy atom. The Labute approximate surface area is 63.8 Å². The molecule has 1 aliphatic rings. The smallest absolute Gasteiger partial charge is 0.0135 e. The van der Waals surface area contributed by atoms with E-state index in [0.29, 0.717) is 0 Å². The van der Waals surface area contributed by atoms with Gasteiger partial charge < -0.3 is 0 Å². The Bertz CT molecular complexity index is 93.4. The number of hydrazine groups is 1. The average molecular weight is 142 g/mol. The Balaban J connectivity index is 2.26. The van der Waals surface area contributed by atoms with Crippen molar-refractivity contribution in [3.05, 3.63) is 0 Å². The van der Waals surface area contributed by atoms with E-state index in [0.717, 1.165) is 5.92 Å². The fourth-order valence-corrected chi connectivity index (χ4v) is 1.39.